The number of nitrogens with one attached hydrogen (secondary N) is 4. The Labute approximate surface area is 222 Å². The van der Waals surface area contributed by atoms with Crippen LogP contribution in [0.2, 0.25) is 0 Å². The van der Waals surface area contributed by atoms with Crippen LogP contribution < -0.4 is 27.4 Å². The summed E-state index contributed by atoms with van der Waals surface area (Å²) in [7, 11) is 0. The number of rotatable bonds is 16. The fourth-order valence-electron chi connectivity index (χ4n) is 3.54. The van der Waals surface area contributed by atoms with Gasteiger partial charge in [-0.2, -0.15) is 0 Å². The highest BCUT2D eigenvalue weighted by Crippen LogP contribution is 2.06. The van der Waals surface area contributed by atoms with Crippen LogP contribution in [0.4, 0.5) is 0 Å². The number of carbonyl (C=O) groups is 6. The zero-order valence-electron chi connectivity index (χ0n) is 20.8. The standard InChI is InChI=1S/C24H31N7O8/c25-15(9-14-11-27-12-28-14)21(35)29-16(6-7-19(26)32)22(36)30-17(10-20(33)34)23(37)31-18(24(38)39)8-13-4-2-1-3-5-13/h1-5,11-12,15-18H,6-10,25H2,(H2,26,32)(H,27,28)(H,29,35)(H,30,36)(H,31,37)(H,33,34)(H,38,39). The normalized spacial score (nSPS) is 13.8. The first-order valence-electron chi connectivity index (χ1n) is 11.9. The van der Waals surface area contributed by atoms with Gasteiger partial charge in [0.1, 0.15) is 18.1 Å². The Morgan fingerprint density at radius 2 is 1.49 bits per heavy atom. The second kappa shape index (κ2) is 14.8. The average molecular weight is 546 g/mol. The molecule has 39 heavy (non-hydrogen) atoms. The molecule has 0 aliphatic carbocycles. The Morgan fingerprint density at radius 1 is 0.872 bits per heavy atom. The van der Waals surface area contributed by atoms with Crippen molar-refractivity contribution in [3.63, 3.8) is 0 Å². The summed E-state index contributed by atoms with van der Waals surface area (Å²) in [5.74, 6) is -6.41. The molecule has 0 aliphatic heterocycles. The molecule has 4 atom stereocenters. The maximum atomic E-state index is 13.0. The van der Waals surface area contributed by atoms with Crippen molar-refractivity contribution >= 4 is 35.6 Å². The van der Waals surface area contributed by atoms with Gasteiger partial charge in [0.2, 0.25) is 23.6 Å². The van der Waals surface area contributed by atoms with E-state index in [1.807, 2.05) is 0 Å². The van der Waals surface area contributed by atoms with Crippen molar-refractivity contribution in [3.05, 3.63) is 54.1 Å². The first-order valence-corrected chi connectivity index (χ1v) is 11.9. The number of benzene rings is 1. The van der Waals surface area contributed by atoms with Crippen LogP contribution in [0.5, 0.6) is 0 Å². The molecule has 2 rings (SSSR count). The number of aromatic nitrogens is 2. The van der Waals surface area contributed by atoms with E-state index >= 15 is 0 Å². The predicted octanol–water partition coefficient (Wildman–Crippen LogP) is -2.20. The van der Waals surface area contributed by atoms with Gasteiger partial charge in [0.05, 0.1) is 18.8 Å². The fraction of sp³-hybridized carbons (Fsp3) is 0.375. The number of nitrogens with two attached hydrogens (primary N) is 2. The maximum absolute atomic E-state index is 13.0. The van der Waals surface area contributed by atoms with Crippen LogP contribution >= 0.6 is 0 Å². The van der Waals surface area contributed by atoms with E-state index in [4.69, 9.17) is 11.5 Å². The SMILES string of the molecule is NC(=O)CCC(NC(=O)C(N)Cc1cnc[nH]1)C(=O)NC(CC(=O)O)C(=O)NC(Cc1ccccc1)C(=O)O. The highest BCUT2D eigenvalue weighted by Gasteiger charge is 2.32. The molecule has 0 saturated heterocycles. The van der Waals surface area contributed by atoms with Gasteiger partial charge in [0.25, 0.3) is 0 Å². The number of nitrogens with zero attached hydrogens (tertiary/aromatic N) is 1. The molecule has 0 fully saturated rings. The van der Waals surface area contributed by atoms with Gasteiger partial charge < -0.3 is 42.6 Å². The van der Waals surface area contributed by atoms with Gasteiger partial charge in [-0.1, -0.05) is 30.3 Å². The molecular formula is C24H31N7O8. The van der Waals surface area contributed by atoms with Gasteiger partial charge in [0, 0.05) is 31.2 Å². The van der Waals surface area contributed by atoms with Crippen molar-refractivity contribution in [2.75, 3.05) is 0 Å². The lowest BCUT2D eigenvalue weighted by molar-refractivity contribution is -0.143. The zero-order chi connectivity index (χ0) is 28.9. The molecule has 1 heterocycles. The lowest BCUT2D eigenvalue weighted by Gasteiger charge is -2.24. The number of hydrogen-bond acceptors (Lipinski definition) is 8. The highest BCUT2D eigenvalue weighted by atomic mass is 16.4. The summed E-state index contributed by atoms with van der Waals surface area (Å²) in [4.78, 5) is 79.6. The van der Waals surface area contributed by atoms with Crippen LogP contribution in [0.1, 0.15) is 30.5 Å². The summed E-state index contributed by atoms with van der Waals surface area (Å²) < 4.78 is 0. The Hall–Kier alpha value is -4.79. The number of H-pyrrole nitrogens is 1. The third-order valence-electron chi connectivity index (χ3n) is 5.55. The van der Waals surface area contributed by atoms with Gasteiger partial charge in [0.15, 0.2) is 0 Å². The van der Waals surface area contributed by atoms with Crippen molar-refractivity contribution in [2.24, 2.45) is 11.5 Å². The van der Waals surface area contributed by atoms with E-state index in [1.54, 1.807) is 30.3 Å². The van der Waals surface area contributed by atoms with E-state index in [0.717, 1.165) is 0 Å². The number of carbonyl (C=O) groups excluding carboxylic acids is 4. The number of carboxylic acids is 2. The van der Waals surface area contributed by atoms with E-state index in [9.17, 15) is 39.0 Å². The molecule has 0 saturated carbocycles. The monoisotopic (exact) mass is 545 g/mol. The summed E-state index contributed by atoms with van der Waals surface area (Å²) in [6.45, 7) is 0. The van der Waals surface area contributed by atoms with Crippen molar-refractivity contribution in [2.45, 2.75) is 56.3 Å². The molecule has 1 aromatic carbocycles. The van der Waals surface area contributed by atoms with Crippen LogP contribution in [0.3, 0.4) is 0 Å². The molecule has 210 valence electrons. The molecule has 15 nitrogen and oxygen atoms in total. The quantitative estimate of drug-likeness (QED) is 0.113. The van der Waals surface area contributed by atoms with Gasteiger partial charge in [-0.15, -0.1) is 0 Å². The van der Waals surface area contributed by atoms with E-state index in [1.165, 1.54) is 12.5 Å². The van der Waals surface area contributed by atoms with E-state index in [-0.39, 0.29) is 25.7 Å². The maximum Gasteiger partial charge on any atom is 0.326 e. The van der Waals surface area contributed by atoms with Gasteiger partial charge in [-0.05, 0) is 12.0 Å². The van der Waals surface area contributed by atoms with Crippen molar-refractivity contribution in [1.29, 1.82) is 0 Å². The minimum atomic E-state index is -1.70. The lowest BCUT2D eigenvalue weighted by atomic mass is 10.0. The summed E-state index contributed by atoms with van der Waals surface area (Å²) in [6.07, 6.45) is 1.34. The number of primary amides is 1. The zero-order valence-corrected chi connectivity index (χ0v) is 20.8. The Bertz CT molecular complexity index is 1160. The molecule has 2 aromatic rings. The summed E-state index contributed by atoms with van der Waals surface area (Å²) in [5.41, 5.74) is 12.2. The first kappa shape index (κ1) is 30.4. The largest absolute Gasteiger partial charge is 0.481 e. The molecule has 0 radical (unpaired) electrons. The summed E-state index contributed by atoms with van der Waals surface area (Å²) in [5, 5.41) is 25.7. The van der Waals surface area contributed by atoms with Crippen LogP contribution in [-0.4, -0.2) is 79.9 Å². The highest BCUT2D eigenvalue weighted by molar-refractivity contribution is 5.95. The van der Waals surface area contributed by atoms with Crippen molar-refractivity contribution in [1.82, 2.24) is 25.9 Å². The molecule has 0 bridgehead atoms. The lowest BCUT2D eigenvalue weighted by Crippen LogP contribution is -2.58. The number of carboxylic acid groups (broad SMARTS) is 2. The number of hydrogen-bond donors (Lipinski definition) is 8. The predicted molar refractivity (Wildman–Crippen MR) is 135 cm³/mol. The molecule has 10 N–H and O–H groups in total. The molecule has 4 amide bonds. The van der Waals surface area contributed by atoms with Gasteiger partial charge >= 0.3 is 11.9 Å². The molecule has 0 aliphatic rings. The molecule has 1 aromatic heterocycles. The molecule has 15 heteroatoms. The Kier molecular flexibility index (Phi) is 11.6. The average Bonchev–Trinajstić information content (AvgIpc) is 3.38. The number of amides is 4. The van der Waals surface area contributed by atoms with Gasteiger partial charge in [-0.25, -0.2) is 9.78 Å². The number of aliphatic carboxylic acids is 2. The first-order chi connectivity index (χ1) is 18.5. The van der Waals surface area contributed by atoms with Gasteiger partial charge in [-0.3, -0.25) is 24.0 Å². The number of aromatic amines is 1. The summed E-state index contributed by atoms with van der Waals surface area (Å²) >= 11 is 0. The van der Waals surface area contributed by atoms with E-state index < -0.39 is 66.2 Å². The van der Waals surface area contributed by atoms with Crippen molar-refractivity contribution < 1.29 is 39.0 Å². The Morgan fingerprint density at radius 3 is 2.05 bits per heavy atom. The fourth-order valence-corrected chi connectivity index (χ4v) is 3.54. The minimum Gasteiger partial charge on any atom is -0.481 e. The smallest absolute Gasteiger partial charge is 0.326 e. The van der Waals surface area contributed by atoms with E-state index in [0.29, 0.717) is 11.3 Å². The van der Waals surface area contributed by atoms with Crippen LogP contribution in [-0.2, 0) is 41.6 Å². The molecule has 4 unspecified atom stereocenters. The van der Waals surface area contributed by atoms with Crippen LogP contribution in [0.15, 0.2) is 42.9 Å². The second-order valence-corrected chi connectivity index (χ2v) is 8.70. The second-order valence-electron chi connectivity index (χ2n) is 8.70. The minimum absolute atomic E-state index is 0.0536. The van der Waals surface area contributed by atoms with Crippen molar-refractivity contribution in [3.8, 4) is 0 Å². The number of imidazole rings is 1. The topological polar surface area (TPSA) is 260 Å². The third kappa shape index (κ3) is 10.6. The van der Waals surface area contributed by atoms with E-state index in [2.05, 4.69) is 25.9 Å². The van der Waals surface area contributed by atoms with Crippen LogP contribution in [0, 0.1) is 0 Å². The molecule has 0 spiro atoms. The molecular weight excluding hydrogens is 514 g/mol. The summed E-state index contributed by atoms with van der Waals surface area (Å²) in [6, 6.07) is 2.79. The third-order valence-corrected chi connectivity index (χ3v) is 5.55. The van der Waals surface area contributed by atoms with Crippen LogP contribution in [0.25, 0.3) is 0 Å². The Balaban J connectivity index is 2.14.